The van der Waals surface area contributed by atoms with Gasteiger partial charge in [0.2, 0.25) is 0 Å². The zero-order valence-electron chi connectivity index (χ0n) is 12.5. The van der Waals surface area contributed by atoms with Crippen LogP contribution in [0, 0.1) is 5.82 Å². The first-order valence-corrected chi connectivity index (χ1v) is 7.12. The lowest BCUT2D eigenvalue weighted by Gasteiger charge is -2.08. The number of carbonyl (C=O) groups excluding carboxylic acids is 1. The standard InChI is InChI=1S/C18H13FN2O3/c19-13-5-4-8-15(11-13)23-16-9-10-17(20-12-16)21-18(22)24-14-6-2-1-3-7-14/h1-12H,(H,20,21,22). The fourth-order valence-corrected chi connectivity index (χ4v) is 1.91. The van der Waals surface area contributed by atoms with Crippen LogP contribution in [-0.4, -0.2) is 11.1 Å². The monoisotopic (exact) mass is 324 g/mol. The summed E-state index contributed by atoms with van der Waals surface area (Å²) < 4.78 is 23.7. The van der Waals surface area contributed by atoms with E-state index in [1.54, 1.807) is 48.5 Å². The number of aromatic nitrogens is 1. The maximum atomic E-state index is 13.1. The predicted molar refractivity (Wildman–Crippen MR) is 86.8 cm³/mol. The summed E-state index contributed by atoms with van der Waals surface area (Å²) in [4.78, 5) is 15.8. The first-order chi connectivity index (χ1) is 11.7. The second kappa shape index (κ2) is 7.23. The maximum absolute atomic E-state index is 13.1. The predicted octanol–water partition coefficient (Wildman–Crippen LogP) is 4.62. The highest BCUT2D eigenvalue weighted by molar-refractivity contribution is 5.85. The molecule has 6 heteroatoms. The molecule has 0 aliphatic carbocycles. The molecule has 3 aromatic rings. The molecule has 3 rings (SSSR count). The van der Waals surface area contributed by atoms with Crippen LogP contribution in [0.2, 0.25) is 0 Å². The zero-order chi connectivity index (χ0) is 16.8. The van der Waals surface area contributed by atoms with Crippen molar-refractivity contribution in [1.82, 2.24) is 4.98 Å². The highest BCUT2D eigenvalue weighted by Gasteiger charge is 2.06. The Kier molecular flexibility index (Phi) is 4.67. The van der Waals surface area contributed by atoms with Gasteiger partial charge in [0, 0.05) is 6.07 Å². The van der Waals surface area contributed by atoms with Crippen molar-refractivity contribution >= 4 is 11.9 Å². The minimum Gasteiger partial charge on any atom is -0.456 e. The van der Waals surface area contributed by atoms with E-state index in [4.69, 9.17) is 9.47 Å². The molecule has 120 valence electrons. The Labute approximate surface area is 137 Å². The molecule has 0 radical (unpaired) electrons. The third-order valence-corrected chi connectivity index (χ3v) is 2.95. The van der Waals surface area contributed by atoms with Gasteiger partial charge in [-0.15, -0.1) is 0 Å². The molecule has 0 saturated heterocycles. The first-order valence-electron chi connectivity index (χ1n) is 7.12. The second-order valence-corrected chi connectivity index (χ2v) is 4.77. The van der Waals surface area contributed by atoms with Gasteiger partial charge in [-0.25, -0.2) is 14.2 Å². The Morgan fingerprint density at radius 2 is 1.71 bits per heavy atom. The zero-order valence-corrected chi connectivity index (χ0v) is 12.5. The smallest absolute Gasteiger partial charge is 0.418 e. The molecule has 0 atom stereocenters. The van der Waals surface area contributed by atoms with Crippen molar-refractivity contribution < 1.29 is 18.7 Å². The van der Waals surface area contributed by atoms with E-state index in [2.05, 4.69) is 10.3 Å². The summed E-state index contributed by atoms with van der Waals surface area (Å²) in [6.45, 7) is 0. The Morgan fingerprint density at radius 1 is 0.917 bits per heavy atom. The minimum atomic E-state index is -0.646. The van der Waals surface area contributed by atoms with E-state index in [0.29, 0.717) is 23.1 Å². The summed E-state index contributed by atoms with van der Waals surface area (Å²) in [5.41, 5.74) is 0. The fourth-order valence-electron chi connectivity index (χ4n) is 1.91. The Hall–Kier alpha value is -3.41. The van der Waals surface area contributed by atoms with Crippen LogP contribution in [0.3, 0.4) is 0 Å². The van der Waals surface area contributed by atoms with Gasteiger partial charge in [0.1, 0.15) is 28.9 Å². The molecule has 24 heavy (non-hydrogen) atoms. The number of benzene rings is 2. The minimum absolute atomic E-state index is 0.308. The van der Waals surface area contributed by atoms with Gasteiger partial charge in [-0.3, -0.25) is 5.32 Å². The third-order valence-electron chi connectivity index (χ3n) is 2.95. The van der Waals surface area contributed by atoms with Gasteiger partial charge in [0.05, 0.1) is 6.20 Å². The highest BCUT2D eigenvalue weighted by Crippen LogP contribution is 2.22. The number of nitrogens with one attached hydrogen (secondary N) is 1. The molecule has 2 aromatic carbocycles. The number of anilines is 1. The van der Waals surface area contributed by atoms with Crippen LogP contribution < -0.4 is 14.8 Å². The lowest BCUT2D eigenvalue weighted by atomic mass is 10.3. The number of nitrogens with zero attached hydrogens (tertiary/aromatic N) is 1. The number of rotatable bonds is 4. The number of pyridine rings is 1. The van der Waals surface area contributed by atoms with E-state index in [0.717, 1.165) is 0 Å². The average Bonchev–Trinajstić information content (AvgIpc) is 2.57. The SMILES string of the molecule is O=C(Nc1ccc(Oc2cccc(F)c2)cn1)Oc1ccccc1. The summed E-state index contributed by atoms with van der Waals surface area (Å²) in [6, 6.07) is 17.6. The molecule has 1 amide bonds. The average molecular weight is 324 g/mol. The van der Waals surface area contributed by atoms with Crippen molar-refractivity contribution in [1.29, 1.82) is 0 Å². The van der Waals surface area contributed by atoms with E-state index in [1.165, 1.54) is 18.3 Å². The van der Waals surface area contributed by atoms with Crippen molar-refractivity contribution in [2.24, 2.45) is 0 Å². The molecule has 0 fully saturated rings. The molecule has 0 unspecified atom stereocenters. The molecular weight excluding hydrogens is 311 g/mol. The van der Waals surface area contributed by atoms with Gasteiger partial charge in [0.25, 0.3) is 0 Å². The van der Waals surface area contributed by atoms with Gasteiger partial charge in [0.15, 0.2) is 0 Å². The summed E-state index contributed by atoms with van der Waals surface area (Å²) in [5, 5.41) is 2.50. The van der Waals surface area contributed by atoms with Crippen molar-refractivity contribution in [3.05, 3.63) is 78.7 Å². The molecule has 1 N–H and O–H groups in total. The van der Waals surface area contributed by atoms with E-state index in [9.17, 15) is 9.18 Å². The van der Waals surface area contributed by atoms with E-state index >= 15 is 0 Å². The molecule has 1 heterocycles. The van der Waals surface area contributed by atoms with Crippen molar-refractivity contribution in [3.8, 4) is 17.2 Å². The number of amides is 1. The summed E-state index contributed by atoms with van der Waals surface area (Å²) in [6.07, 6.45) is 0.774. The molecule has 0 spiro atoms. The Balaban J connectivity index is 1.59. The molecule has 0 saturated carbocycles. The number of hydrogen-bond donors (Lipinski definition) is 1. The topological polar surface area (TPSA) is 60.5 Å². The molecule has 5 nitrogen and oxygen atoms in total. The van der Waals surface area contributed by atoms with Crippen LogP contribution in [-0.2, 0) is 0 Å². The number of carbonyl (C=O) groups is 1. The van der Waals surface area contributed by atoms with Crippen LogP contribution in [0.5, 0.6) is 17.2 Å². The van der Waals surface area contributed by atoms with E-state index < -0.39 is 6.09 Å². The molecular formula is C18H13FN2O3. The quantitative estimate of drug-likeness (QED) is 0.760. The van der Waals surface area contributed by atoms with E-state index in [-0.39, 0.29) is 5.82 Å². The van der Waals surface area contributed by atoms with Crippen molar-refractivity contribution in [2.75, 3.05) is 5.32 Å². The Morgan fingerprint density at radius 3 is 2.42 bits per heavy atom. The number of halogens is 1. The van der Waals surface area contributed by atoms with Gasteiger partial charge in [-0.2, -0.15) is 0 Å². The lowest BCUT2D eigenvalue weighted by Crippen LogP contribution is -2.17. The third kappa shape index (κ3) is 4.30. The highest BCUT2D eigenvalue weighted by atomic mass is 19.1. The van der Waals surface area contributed by atoms with Gasteiger partial charge in [-0.05, 0) is 36.4 Å². The summed E-state index contributed by atoms with van der Waals surface area (Å²) in [5.74, 6) is 1.13. The van der Waals surface area contributed by atoms with Crippen LogP contribution in [0.25, 0.3) is 0 Å². The second-order valence-electron chi connectivity index (χ2n) is 4.77. The van der Waals surface area contributed by atoms with Crippen LogP contribution in [0.4, 0.5) is 15.0 Å². The summed E-state index contributed by atoms with van der Waals surface area (Å²) >= 11 is 0. The molecule has 0 aliphatic rings. The number of ether oxygens (including phenoxy) is 2. The first kappa shape index (κ1) is 15.5. The van der Waals surface area contributed by atoms with Gasteiger partial charge in [-0.1, -0.05) is 24.3 Å². The summed E-state index contributed by atoms with van der Waals surface area (Å²) in [7, 11) is 0. The number of para-hydroxylation sites is 1. The van der Waals surface area contributed by atoms with Crippen LogP contribution >= 0.6 is 0 Å². The normalized spacial score (nSPS) is 10.0. The van der Waals surface area contributed by atoms with Gasteiger partial charge < -0.3 is 9.47 Å². The van der Waals surface area contributed by atoms with Crippen LogP contribution in [0.1, 0.15) is 0 Å². The van der Waals surface area contributed by atoms with Crippen molar-refractivity contribution in [3.63, 3.8) is 0 Å². The van der Waals surface area contributed by atoms with Crippen molar-refractivity contribution in [2.45, 2.75) is 0 Å². The lowest BCUT2D eigenvalue weighted by molar-refractivity contribution is 0.215. The molecule has 1 aromatic heterocycles. The molecule has 0 aliphatic heterocycles. The van der Waals surface area contributed by atoms with E-state index in [1.807, 2.05) is 6.07 Å². The Bertz CT molecular complexity index is 823. The van der Waals surface area contributed by atoms with Crippen LogP contribution in [0.15, 0.2) is 72.9 Å². The molecule has 0 bridgehead atoms. The largest absolute Gasteiger partial charge is 0.456 e. The van der Waals surface area contributed by atoms with Gasteiger partial charge >= 0.3 is 6.09 Å². The maximum Gasteiger partial charge on any atom is 0.418 e. The number of hydrogen-bond acceptors (Lipinski definition) is 4. The fraction of sp³-hybridized carbons (Fsp3) is 0.